The van der Waals surface area contributed by atoms with Crippen LogP contribution in [0, 0.1) is 0 Å². The number of hydrogen-bond donors (Lipinski definition) is 3. The first-order valence-corrected chi connectivity index (χ1v) is 10.4. The molecule has 33 heavy (non-hydrogen) atoms. The van der Waals surface area contributed by atoms with Crippen molar-refractivity contribution in [3.05, 3.63) is 66.2 Å². The lowest BCUT2D eigenvalue weighted by molar-refractivity contribution is 0.0977. The van der Waals surface area contributed by atoms with Crippen LogP contribution in [0.4, 0.5) is 5.69 Å². The number of imidazole rings is 1. The molecule has 8 nitrogen and oxygen atoms in total. The van der Waals surface area contributed by atoms with E-state index in [1.165, 1.54) is 14.2 Å². The second kappa shape index (κ2) is 9.58. The number of para-hydroxylation sites is 2. The van der Waals surface area contributed by atoms with E-state index in [0.29, 0.717) is 34.3 Å². The van der Waals surface area contributed by atoms with E-state index in [1.54, 1.807) is 25.3 Å². The normalized spacial score (nSPS) is 10.5. The van der Waals surface area contributed by atoms with Gasteiger partial charge in [0.2, 0.25) is 0 Å². The SMILES string of the molecule is COc1ccc(-c2nc3ccccc3[nH]2)cc1NC(=S)NC(=O)c1ccc(OC)c(OC)c1. The second-order valence-electron chi connectivity index (χ2n) is 7.00. The number of methoxy groups -OCH3 is 3. The highest BCUT2D eigenvalue weighted by molar-refractivity contribution is 7.80. The molecule has 3 N–H and O–H groups in total. The third-order valence-electron chi connectivity index (χ3n) is 4.98. The zero-order chi connectivity index (χ0) is 23.4. The molecule has 0 aliphatic heterocycles. The number of nitrogens with zero attached hydrogens (tertiary/aromatic N) is 1. The Morgan fingerprint density at radius 2 is 1.64 bits per heavy atom. The molecule has 3 aromatic carbocycles. The fourth-order valence-electron chi connectivity index (χ4n) is 3.35. The van der Waals surface area contributed by atoms with Gasteiger partial charge in [-0.25, -0.2) is 4.98 Å². The number of thiocarbonyl (C=S) groups is 1. The summed E-state index contributed by atoms with van der Waals surface area (Å²) in [7, 11) is 4.60. The predicted molar refractivity (Wildman–Crippen MR) is 131 cm³/mol. The Balaban J connectivity index is 1.53. The number of aromatic nitrogens is 2. The Hall–Kier alpha value is -4.11. The highest BCUT2D eigenvalue weighted by Gasteiger charge is 2.14. The van der Waals surface area contributed by atoms with E-state index in [4.69, 9.17) is 26.4 Å². The van der Waals surface area contributed by atoms with Gasteiger partial charge in [-0.2, -0.15) is 0 Å². The van der Waals surface area contributed by atoms with E-state index in [0.717, 1.165) is 16.6 Å². The lowest BCUT2D eigenvalue weighted by atomic mass is 10.1. The number of ether oxygens (including phenoxy) is 3. The molecule has 168 valence electrons. The number of benzene rings is 3. The first-order chi connectivity index (χ1) is 16.0. The molecule has 1 heterocycles. The lowest BCUT2D eigenvalue weighted by Gasteiger charge is -2.14. The molecular weight excluding hydrogens is 440 g/mol. The third kappa shape index (κ3) is 4.73. The van der Waals surface area contributed by atoms with Gasteiger partial charge < -0.3 is 24.5 Å². The number of aromatic amines is 1. The van der Waals surface area contributed by atoms with Crippen LogP contribution in [0.2, 0.25) is 0 Å². The van der Waals surface area contributed by atoms with Crippen molar-refractivity contribution in [1.29, 1.82) is 0 Å². The number of carbonyl (C=O) groups excluding carboxylic acids is 1. The van der Waals surface area contributed by atoms with Crippen molar-refractivity contribution in [2.75, 3.05) is 26.6 Å². The number of fused-ring (bicyclic) bond motifs is 1. The van der Waals surface area contributed by atoms with Crippen LogP contribution in [0.3, 0.4) is 0 Å². The van der Waals surface area contributed by atoms with E-state index in [1.807, 2.05) is 42.5 Å². The van der Waals surface area contributed by atoms with Crippen LogP contribution in [0.25, 0.3) is 22.4 Å². The molecule has 0 saturated carbocycles. The van der Waals surface area contributed by atoms with Gasteiger partial charge in [-0.15, -0.1) is 0 Å². The molecule has 0 unspecified atom stereocenters. The van der Waals surface area contributed by atoms with E-state index in [2.05, 4.69) is 20.6 Å². The van der Waals surface area contributed by atoms with Crippen molar-refractivity contribution >= 4 is 40.0 Å². The number of amides is 1. The van der Waals surface area contributed by atoms with E-state index >= 15 is 0 Å². The molecule has 0 spiro atoms. The fourth-order valence-corrected chi connectivity index (χ4v) is 3.55. The van der Waals surface area contributed by atoms with E-state index in [9.17, 15) is 4.79 Å². The summed E-state index contributed by atoms with van der Waals surface area (Å²) in [5.41, 5.74) is 3.61. The zero-order valence-electron chi connectivity index (χ0n) is 18.3. The second-order valence-corrected chi connectivity index (χ2v) is 7.40. The average Bonchev–Trinajstić information content (AvgIpc) is 3.27. The van der Waals surface area contributed by atoms with Gasteiger partial charge in [-0.1, -0.05) is 12.1 Å². The van der Waals surface area contributed by atoms with Gasteiger partial charge in [-0.05, 0) is 60.7 Å². The quantitative estimate of drug-likeness (QED) is 0.366. The minimum absolute atomic E-state index is 0.120. The molecule has 0 fully saturated rings. The number of anilines is 1. The van der Waals surface area contributed by atoms with E-state index in [-0.39, 0.29) is 11.0 Å². The summed E-state index contributed by atoms with van der Waals surface area (Å²) < 4.78 is 15.9. The number of hydrogen-bond acceptors (Lipinski definition) is 6. The maximum absolute atomic E-state index is 12.7. The van der Waals surface area contributed by atoms with Crippen LogP contribution in [-0.4, -0.2) is 42.3 Å². The maximum atomic E-state index is 12.7. The zero-order valence-corrected chi connectivity index (χ0v) is 19.1. The van der Waals surface area contributed by atoms with Crippen LogP contribution in [0.5, 0.6) is 17.2 Å². The smallest absolute Gasteiger partial charge is 0.257 e. The van der Waals surface area contributed by atoms with Crippen molar-refractivity contribution < 1.29 is 19.0 Å². The standard InChI is InChI=1S/C24H22N4O4S/c1-30-19-10-8-14(22-25-16-6-4-5-7-17(16)26-22)12-18(19)27-24(33)28-23(29)15-9-11-20(31-2)21(13-15)32-3/h4-13H,1-3H3,(H,25,26)(H2,27,28,29,33). The van der Waals surface area contributed by atoms with Crippen molar-refractivity contribution in [2.24, 2.45) is 0 Å². The van der Waals surface area contributed by atoms with E-state index < -0.39 is 0 Å². The molecule has 4 rings (SSSR count). The molecule has 0 saturated heterocycles. The molecule has 1 aromatic heterocycles. The highest BCUT2D eigenvalue weighted by atomic mass is 32.1. The van der Waals surface area contributed by atoms with Gasteiger partial charge in [0.1, 0.15) is 11.6 Å². The Labute approximate surface area is 195 Å². The number of nitrogens with one attached hydrogen (secondary N) is 3. The van der Waals surface area contributed by atoms with Gasteiger partial charge in [0.25, 0.3) is 5.91 Å². The molecular formula is C24H22N4O4S. The van der Waals surface area contributed by atoms with Gasteiger partial charge in [0, 0.05) is 11.1 Å². The van der Waals surface area contributed by atoms with Crippen molar-refractivity contribution in [3.63, 3.8) is 0 Å². The van der Waals surface area contributed by atoms with Crippen LogP contribution in [0.1, 0.15) is 10.4 Å². The van der Waals surface area contributed by atoms with Gasteiger partial charge in [0.15, 0.2) is 16.6 Å². The molecule has 0 aliphatic rings. The van der Waals surface area contributed by atoms with Gasteiger partial charge in [-0.3, -0.25) is 10.1 Å². The molecule has 1 amide bonds. The summed E-state index contributed by atoms with van der Waals surface area (Å²) in [6.07, 6.45) is 0. The number of H-pyrrole nitrogens is 1. The monoisotopic (exact) mass is 462 g/mol. The predicted octanol–water partition coefficient (Wildman–Crippen LogP) is 4.38. The fraction of sp³-hybridized carbons (Fsp3) is 0.125. The molecule has 0 radical (unpaired) electrons. The highest BCUT2D eigenvalue weighted by Crippen LogP contribution is 2.31. The Morgan fingerprint density at radius 3 is 2.36 bits per heavy atom. The third-order valence-corrected chi connectivity index (χ3v) is 5.19. The lowest BCUT2D eigenvalue weighted by Crippen LogP contribution is -2.34. The van der Waals surface area contributed by atoms with Crippen molar-refractivity contribution in [1.82, 2.24) is 15.3 Å². The summed E-state index contributed by atoms with van der Waals surface area (Å²) in [4.78, 5) is 20.6. The van der Waals surface area contributed by atoms with Gasteiger partial charge >= 0.3 is 0 Å². The van der Waals surface area contributed by atoms with Crippen molar-refractivity contribution in [2.45, 2.75) is 0 Å². The molecule has 4 aromatic rings. The Bertz CT molecular complexity index is 1300. The molecule has 0 bridgehead atoms. The number of rotatable bonds is 6. The van der Waals surface area contributed by atoms with Crippen LogP contribution < -0.4 is 24.8 Å². The van der Waals surface area contributed by atoms with Crippen LogP contribution in [-0.2, 0) is 0 Å². The van der Waals surface area contributed by atoms with Crippen LogP contribution in [0.15, 0.2) is 60.7 Å². The maximum Gasteiger partial charge on any atom is 0.257 e. The first-order valence-electron chi connectivity index (χ1n) is 10.00. The topological polar surface area (TPSA) is 97.5 Å². The van der Waals surface area contributed by atoms with Crippen LogP contribution >= 0.6 is 12.2 Å². The molecule has 0 aliphatic carbocycles. The Kier molecular flexibility index (Phi) is 6.41. The summed E-state index contributed by atoms with van der Waals surface area (Å²) in [5, 5.41) is 5.83. The van der Waals surface area contributed by atoms with Crippen molar-refractivity contribution in [3.8, 4) is 28.6 Å². The minimum atomic E-state index is -0.388. The van der Waals surface area contributed by atoms with Gasteiger partial charge in [0.05, 0.1) is 38.1 Å². The summed E-state index contributed by atoms with van der Waals surface area (Å²) >= 11 is 5.36. The summed E-state index contributed by atoms with van der Waals surface area (Å²) in [5.74, 6) is 1.87. The summed E-state index contributed by atoms with van der Waals surface area (Å²) in [6.45, 7) is 0. The average molecular weight is 463 g/mol. The first kappa shape index (κ1) is 22.1. The Morgan fingerprint density at radius 1 is 0.909 bits per heavy atom. The number of carbonyl (C=O) groups is 1. The molecule has 9 heteroatoms. The minimum Gasteiger partial charge on any atom is -0.495 e. The molecule has 0 atom stereocenters. The largest absolute Gasteiger partial charge is 0.495 e. The summed E-state index contributed by atoms with van der Waals surface area (Å²) in [6, 6.07) is 18.2.